The Kier molecular flexibility index (Phi) is 6.44. The lowest BCUT2D eigenvalue weighted by Crippen LogP contribution is -2.36. The molecular formula is C21H19BrN2O4S. The Morgan fingerprint density at radius 1 is 1.21 bits per heavy atom. The van der Waals surface area contributed by atoms with Gasteiger partial charge in [-0.05, 0) is 61.0 Å². The van der Waals surface area contributed by atoms with E-state index in [-0.39, 0.29) is 11.4 Å². The number of anilines is 1. The van der Waals surface area contributed by atoms with Crippen molar-refractivity contribution in [2.45, 2.75) is 13.8 Å². The number of imide groups is 1. The molecule has 1 aliphatic heterocycles. The fraction of sp³-hybridized carbons (Fsp3) is 0.190. The number of hydrogen-bond acceptors (Lipinski definition) is 5. The smallest absolute Gasteiger partial charge is 0.294 e. The van der Waals surface area contributed by atoms with Crippen molar-refractivity contribution in [3.05, 3.63) is 62.5 Å². The van der Waals surface area contributed by atoms with E-state index >= 15 is 0 Å². The van der Waals surface area contributed by atoms with Gasteiger partial charge >= 0.3 is 0 Å². The van der Waals surface area contributed by atoms with Crippen molar-refractivity contribution in [3.63, 3.8) is 0 Å². The predicted molar refractivity (Wildman–Crippen MR) is 118 cm³/mol. The summed E-state index contributed by atoms with van der Waals surface area (Å²) in [6.45, 7) is 3.43. The molecule has 3 amide bonds. The van der Waals surface area contributed by atoms with E-state index in [1.807, 2.05) is 38.1 Å². The van der Waals surface area contributed by atoms with Gasteiger partial charge in [-0.1, -0.05) is 34.1 Å². The van der Waals surface area contributed by atoms with Gasteiger partial charge in [0.25, 0.3) is 11.1 Å². The van der Waals surface area contributed by atoms with Crippen molar-refractivity contribution in [2.24, 2.45) is 0 Å². The van der Waals surface area contributed by atoms with Crippen LogP contribution in [0.1, 0.15) is 16.7 Å². The molecule has 0 aliphatic carbocycles. The van der Waals surface area contributed by atoms with Crippen molar-refractivity contribution in [1.82, 2.24) is 4.90 Å². The highest BCUT2D eigenvalue weighted by Gasteiger charge is 2.36. The Bertz CT molecular complexity index is 1020. The minimum atomic E-state index is -0.501. The molecule has 0 aromatic heterocycles. The van der Waals surface area contributed by atoms with Crippen LogP contribution in [0.5, 0.6) is 5.75 Å². The largest absolute Gasteiger partial charge is 0.496 e. The number of nitrogens with zero attached hydrogens (tertiary/aromatic N) is 1. The highest BCUT2D eigenvalue weighted by molar-refractivity contribution is 9.10. The average molecular weight is 475 g/mol. The third kappa shape index (κ3) is 4.71. The number of nitrogens with one attached hydrogen (secondary N) is 1. The third-order valence-corrected chi connectivity index (χ3v) is 5.80. The van der Waals surface area contributed by atoms with Gasteiger partial charge in [-0.3, -0.25) is 19.3 Å². The normalized spacial score (nSPS) is 15.2. The first kappa shape index (κ1) is 21.1. The second-order valence-corrected chi connectivity index (χ2v) is 8.38. The summed E-state index contributed by atoms with van der Waals surface area (Å²) in [6.07, 6.45) is 1.60. The molecule has 1 heterocycles. The molecule has 150 valence electrons. The molecule has 0 unspecified atom stereocenters. The molecule has 1 fully saturated rings. The Morgan fingerprint density at radius 3 is 2.55 bits per heavy atom. The number of para-hydroxylation sites is 1. The van der Waals surface area contributed by atoms with Crippen molar-refractivity contribution in [3.8, 4) is 5.75 Å². The van der Waals surface area contributed by atoms with Crippen LogP contribution in [0.3, 0.4) is 0 Å². The number of thioether (sulfide) groups is 1. The lowest BCUT2D eigenvalue weighted by atomic mass is 10.1. The maximum Gasteiger partial charge on any atom is 0.294 e. The van der Waals surface area contributed by atoms with Gasteiger partial charge in [-0.25, -0.2) is 0 Å². The van der Waals surface area contributed by atoms with Crippen LogP contribution in [0.15, 0.2) is 45.8 Å². The lowest BCUT2D eigenvalue weighted by Gasteiger charge is -2.15. The van der Waals surface area contributed by atoms with E-state index in [1.165, 1.54) is 7.11 Å². The first-order valence-corrected chi connectivity index (χ1v) is 10.4. The molecule has 2 aromatic rings. The molecule has 1 aliphatic rings. The van der Waals surface area contributed by atoms with Gasteiger partial charge < -0.3 is 10.1 Å². The topological polar surface area (TPSA) is 75.7 Å². The molecule has 0 bridgehead atoms. The quantitative estimate of drug-likeness (QED) is 0.632. The molecular weight excluding hydrogens is 456 g/mol. The number of carbonyl (C=O) groups excluding carboxylic acids is 3. The Morgan fingerprint density at radius 2 is 1.90 bits per heavy atom. The monoisotopic (exact) mass is 474 g/mol. The molecule has 0 spiro atoms. The van der Waals surface area contributed by atoms with Crippen molar-refractivity contribution in [2.75, 3.05) is 19.0 Å². The summed E-state index contributed by atoms with van der Waals surface area (Å²) in [6, 6.07) is 11.0. The number of ether oxygens (including phenoxy) is 1. The number of hydrogen-bond donors (Lipinski definition) is 1. The molecule has 29 heavy (non-hydrogen) atoms. The Hall–Kier alpha value is -2.58. The van der Waals surface area contributed by atoms with Crippen molar-refractivity contribution >= 4 is 56.5 Å². The second-order valence-electron chi connectivity index (χ2n) is 6.47. The summed E-state index contributed by atoms with van der Waals surface area (Å²) in [5, 5.41) is 2.32. The van der Waals surface area contributed by atoms with Crippen LogP contribution in [0.4, 0.5) is 10.5 Å². The Labute approximate surface area is 181 Å². The number of aryl methyl sites for hydroxylation is 2. The third-order valence-electron chi connectivity index (χ3n) is 4.40. The number of benzene rings is 2. The van der Waals surface area contributed by atoms with Gasteiger partial charge in [0.05, 0.1) is 12.0 Å². The molecule has 0 saturated carbocycles. The van der Waals surface area contributed by atoms with Gasteiger partial charge in [0, 0.05) is 15.7 Å². The van der Waals surface area contributed by atoms with Gasteiger partial charge in [0.15, 0.2) is 0 Å². The van der Waals surface area contributed by atoms with Crippen LogP contribution in [0.25, 0.3) is 6.08 Å². The van der Waals surface area contributed by atoms with Crippen LogP contribution in [-0.2, 0) is 9.59 Å². The predicted octanol–water partition coefficient (Wildman–Crippen LogP) is 4.75. The van der Waals surface area contributed by atoms with E-state index in [4.69, 9.17) is 4.74 Å². The fourth-order valence-electron chi connectivity index (χ4n) is 2.93. The summed E-state index contributed by atoms with van der Waals surface area (Å²) in [4.78, 5) is 38.7. The molecule has 1 saturated heterocycles. The lowest BCUT2D eigenvalue weighted by molar-refractivity contribution is -0.127. The number of halogens is 1. The zero-order valence-electron chi connectivity index (χ0n) is 16.1. The van der Waals surface area contributed by atoms with Gasteiger partial charge in [0.1, 0.15) is 12.3 Å². The summed E-state index contributed by atoms with van der Waals surface area (Å²) in [5.41, 5.74) is 3.18. The molecule has 0 atom stereocenters. The standard InChI is InChI=1S/C21H19BrN2O4S/c1-12-5-4-6-13(2)19(12)23-18(25)11-24-20(26)17(29-21(24)27)10-14-9-15(22)7-8-16(14)28-3/h4-10H,11H2,1-3H3,(H,23,25)/b17-10+. The maximum absolute atomic E-state index is 12.7. The maximum atomic E-state index is 12.7. The Balaban J connectivity index is 1.77. The summed E-state index contributed by atoms with van der Waals surface area (Å²) < 4.78 is 6.12. The van der Waals surface area contributed by atoms with E-state index in [2.05, 4.69) is 21.2 Å². The molecule has 6 nitrogen and oxygen atoms in total. The summed E-state index contributed by atoms with van der Waals surface area (Å²) in [7, 11) is 1.53. The first-order valence-electron chi connectivity index (χ1n) is 8.75. The first-order chi connectivity index (χ1) is 13.8. The van der Waals surface area contributed by atoms with Gasteiger partial charge in [0.2, 0.25) is 5.91 Å². The van der Waals surface area contributed by atoms with E-state index in [0.717, 1.165) is 32.3 Å². The number of amides is 3. The highest BCUT2D eigenvalue weighted by Crippen LogP contribution is 2.34. The fourth-order valence-corrected chi connectivity index (χ4v) is 4.14. The van der Waals surface area contributed by atoms with E-state index < -0.39 is 17.1 Å². The molecule has 8 heteroatoms. The van der Waals surface area contributed by atoms with Crippen LogP contribution >= 0.6 is 27.7 Å². The number of carbonyl (C=O) groups is 3. The van der Waals surface area contributed by atoms with Crippen LogP contribution in [0.2, 0.25) is 0 Å². The molecule has 3 rings (SSSR count). The van der Waals surface area contributed by atoms with E-state index in [0.29, 0.717) is 17.0 Å². The second kappa shape index (κ2) is 8.84. The van der Waals surface area contributed by atoms with Crippen LogP contribution in [-0.4, -0.2) is 35.6 Å². The SMILES string of the molecule is COc1ccc(Br)cc1/C=C1/SC(=O)N(CC(=O)Nc2c(C)cccc2C)C1=O. The van der Waals surface area contributed by atoms with Crippen molar-refractivity contribution in [1.29, 1.82) is 0 Å². The number of methoxy groups -OCH3 is 1. The zero-order chi connectivity index (χ0) is 21.1. The van der Waals surface area contributed by atoms with E-state index in [1.54, 1.807) is 18.2 Å². The summed E-state index contributed by atoms with van der Waals surface area (Å²) in [5.74, 6) is -0.350. The van der Waals surface area contributed by atoms with Gasteiger partial charge in [-0.15, -0.1) is 0 Å². The summed E-state index contributed by atoms with van der Waals surface area (Å²) >= 11 is 4.19. The highest BCUT2D eigenvalue weighted by atomic mass is 79.9. The minimum absolute atomic E-state index is 0.242. The minimum Gasteiger partial charge on any atom is -0.496 e. The van der Waals surface area contributed by atoms with E-state index in [9.17, 15) is 14.4 Å². The molecule has 2 aromatic carbocycles. The molecule has 0 radical (unpaired) electrons. The molecule has 1 N–H and O–H groups in total. The van der Waals surface area contributed by atoms with Crippen molar-refractivity contribution < 1.29 is 19.1 Å². The number of rotatable bonds is 5. The zero-order valence-corrected chi connectivity index (χ0v) is 18.5. The van der Waals surface area contributed by atoms with Crippen LogP contribution in [0, 0.1) is 13.8 Å². The van der Waals surface area contributed by atoms with Gasteiger partial charge in [-0.2, -0.15) is 0 Å². The average Bonchev–Trinajstić information content (AvgIpc) is 2.92. The van der Waals surface area contributed by atoms with Crippen LogP contribution < -0.4 is 10.1 Å².